The fourth-order valence-corrected chi connectivity index (χ4v) is 5.61. The number of aliphatic carboxylic acids is 1. The van der Waals surface area contributed by atoms with E-state index in [2.05, 4.69) is 10.3 Å². The summed E-state index contributed by atoms with van der Waals surface area (Å²) in [4.78, 5) is 40.2. The number of fused-ring (bicyclic) bond motifs is 1. The molecular weight excluding hydrogens is 350 g/mol. The van der Waals surface area contributed by atoms with E-state index in [-0.39, 0.29) is 11.6 Å². The van der Waals surface area contributed by atoms with E-state index in [4.69, 9.17) is 0 Å². The van der Waals surface area contributed by atoms with Crippen LogP contribution in [-0.4, -0.2) is 55.0 Å². The molecule has 1 fully saturated rings. The van der Waals surface area contributed by atoms with Gasteiger partial charge in [-0.2, -0.15) is 0 Å². The average molecular weight is 365 g/mol. The minimum Gasteiger partial charge on any atom is -0.477 e. The number of nitrogens with zero attached hydrogens (tertiary/aromatic N) is 2. The zero-order chi connectivity index (χ0) is 17.5. The molecule has 3 heterocycles. The lowest BCUT2D eigenvalue weighted by Crippen LogP contribution is -2.77. The maximum atomic E-state index is 12.7. The Hall–Kier alpha value is -2.00. The quantitative estimate of drug-likeness (QED) is 0.606. The molecule has 2 atom stereocenters. The first-order chi connectivity index (χ1) is 11.4. The second kappa shape index (κ2) is 6.14. The maximum absolute atomic E-state index is 12.7. The van der Waals surface area contributed by atoms with E-state index in [1.807, 2.05) is 0 Å². The van der Waals surface area contributed by atoms with Crippen LogP contribution in [0.2, 0.25) is 0 Å². The van der Waals surface area contributed by atoms with Crippen LogP contribution >= 0.6 is 23.5 Å². The van der Waals surface area contributed by atoms with Gasteiger partial charge in [0.1, 0.15) is 11.1 Å². The topological polar surface area (TPSA) is 99.6 Å². The first kappa shape index (κ1) is 16.8. The molecule has 0 radical (unpaired) electrons. The molecule has 24 heavy (non-hydrogen) atoms. The molecule has 7 nitrogen and oxygen atoms in total. The molecule has 2 amide bonds. The molecule has 0 aliphatic carbocycles. The third-order valence-corrected chi connectivity index (χ3v) is 6.57. The van der Waals surface area contributed by atoms with Gasteiger partial charge in [0.15, 0.2) is 4.87 Å². The first-order valence-electron chi connectivity index (χ1n) is 7.08. The van der Waals surface area contributed by atoms with Crippen molar-refractivity contribution >= 4 is 46.9 Å². The van der Waals surface area contributed by atoms with E-state index in [9.17, 15) is 19.5 Å². The van der Waals surface area contributed by atoms with Crippen molar-refractivity contribution in [3.8, 4) is 0 Å². The minimum absolute atomic E-state index is 0.0232. The standard InChI is InChI=1S/C15H15N3O4S2/c1-8(19)17-15(23-2)13(22)18-11(12(20)21)10(7-24-14(15)18)9-3-5-16-6-4-9/h3-6,14H,7H2,1-2H3,(H,17,19)(H,20,21)/t14-,15?/m0/s1. The highest BCUT2D eigenvalue weighted by Crippen LogP contribution is 2.51. The third kappa shape index (κ3) is 2.39. The van der Waals surface area contributed by atoms with E-state index < -0.39 is 22.1 Å². The van der Waals surface area contributed by atoms with Crippen LogP contribution < -0.4 is 5.32 Å². The van der Waals surface area contributed by atoms with Crippen molar-refractivity contribution in [2.24, 2.45) is 0 Å². The van der Waals surface area contributed by atoms with Crippen molar-refractivity contribution in [3.05, 3.63) is 35.8 Å². The summed E-state index contributed by atoms with van der Waals surface area (Å²) in [5, 5.41) is 11.9. The number of rotatable bonds is 4. The number of thioether (sulfide) groups is 2. The number of pyridine rings is 1. The normalized spacial score (nSPS) is 25.8. The van der Waals surface area contributed by atoms with Crippen LogP contribution in [0.1, 0.15) is 12.5 Å². The van der Waals surface area contributed by atoms with Crippen LogP contribution in [0.15, 0.2) is 30.2 Å². The van der Waals surface area contributed by atoms with Crippen molar-refractivity contribution in [3.63, 3.8) is 0 Å². The monoisotopic (exact) mass is 365 g/mol. The maximum Gasteiger partial charge on any atom is 0.352 e. The molecule has 2 aliphatic heterocycles. The molecule has 9 heteroatoms. The SMILES string of the molecule is CSC1(NC(C)=O)C(=O)N2C(C(=O)O)=C(c3ccncc3)CS[C@H]21. The Morgan fingerprint density at radius 2 is 2.12 bits per heavy atom. The predicted octanol–water partition coefficient (Wildman–Crippen LogP) is 0.988. The smallest absolute Gasteiger partial charge is 0.352 e. The van der Waals surface area contributed by atoms with Gasteiger partial charge in [-0.05, 0) is 24.0 Å². The molecule has 0 bridgehead atoms. The summed E-state index contributed by atoms with van der Waals surface area (Å²) in [6, 6.07) is 3.44. The molecule has 1 saturated heterocycles. The summed E-state index contributed by atoms with van der Waals surface area (Å²) in [5.41, 5.74) is 1.28. The highest BCUT2D eigenvalue weighted by Gasteiger charge is 2.65. The summed E-state index contributed by atoms with van der Waals surface area (Å²) in [6.45, 7) is 1.34. The molecule has 1 aromatic rings. The number of carboxylic acid groups (broad SMARTS) is 1. The lowest BCUT2D eigenvalue weighted by molar-refractivity contribution is -0.152. The van der Waals surface area contributed by atoms with Crippen LogP contribution in [0.4, 0.5) is 0 Å². The van der Waals surface area contributed by atoms with E-state index in [1.165, 1.54) is 35.3 Å². The lowest BCUT2D eigenvalue weighted by atomic mass is 9.99. The Balaban J connectivity index is 2.05. The van der Waals surface area contributed by atoms with Crippen molar-refractivity contribution in [2.45, 2.75) is 17.2 Å². The van der Waals surface area contributed by atoms with Crippen LogP contribution in [0, 0.1) is 0 Å². The molecule has 3 rings (SSSR count). The van der Waals surface area contributed by atoms with Crippen LogP contribution in [0.5, 0.6) is 0 Å². The molecule has 2 N–H and O–H groups in total. The Labute approximate surface area is 146 Å². The molecule has 0 spiro atoms. The highest BCUT2D eigenvalue weighted by atomic mass is 32.2. The molecular formula is C15H15N3O4S2. The van der Waals surface area contributed by atoms with Crippen molar-refractivity contribution in [1.29, 1.82) is 0 Å². The average Bonchev–Trinajstić information content (AvgIpc) is 2.58. The Kier molecular flexibility index (Phi) is 4.31. The Morgan fingerprint density at radius 1 is 1.46 bits per heavy atom. The fraction of sp³-hybridized carbons (Fsp3) is 0.333. The summed E-state index contributed by atoms with van der Waals surface area (Å²) in [5.74, 6) is -1.45. The van der Waals surface area contributed by atoms with Gasteiger partial charge in [0.25, 0.3) is 5.91 Å². The number of aromatic nitrogens is 1. The summed E-state index contributed by atoms with van der Waals surface area (Å²) in [6.07, 6.45) is 4.90. The number of hydrogen-bond acceptors (Lipinski definition) is 6. The van der Waals surface area contributed by atoms with Gasteiger partial charge in [-0.3, -0.25) is 19.5 Å². The van der Waals surface area contributed by atoms with Crippen LogP contribution in [0.3, 0.4) is 0 Å². The van der Waals surface area contributed by atoms with Gasteiger partial charge in [0.05, 0.1) is 0 Å². The molecule has 2 aliphatic rings. The van der Waals surface area contributed by atoms with Gasteiger partial charge in [-0.1, -0.05) is 0 Å². The van der Waals surface area contributed by atoms with Gasteiger partial charge in [-0.15, -0.1) is 23.5 Å². The minimum atomic E-state index is -1.15. The second-order valence-electron chi connectivity index (χ2n) is 5.33. The van der Waals surface area contributed by atoms with Crippen LogP contribution in [0.25, 0.3) is 5.57 Å². The Bertz CT molecular complexity index is 752. The molecule has 1 aromatic heterocycles. The molecule has 0 aromatic carbocycles. The predicted molar refractivity (Wildman–Crippen MR) is 91.9 cm³/mol. The van der Waals surface area contributed by atoms with Crippen molar-refractivity contribution < 1.29 is 19.5 Å². The van der Waals surface area contributed by atoms with E-state index in [1.54, 1.807) is 30.8 Å². The number of carbonyl (C=O) groups excluding carboxylic acids is 2. The first-order valence-corrected chi connectivity index (χ1v) is 9.35. The molecule has 0 saturated carbocycles. The number of nitrogens with one attached hydrogen (secondary N) is 1. The van der Waals surface area contributed by atoms with E-state index in [0.29, 0.717) is 11.3 Å². The molecule has 126 valence electrons. The zero-order valence-corrected chi connectivity index (χ0v) is 14.6. The fourth-order valence-electron chi connectivity index (χ4n) is 2.91. The number of amides is 2. The lowest BCUT2D eigenvalue weighted by Gasteiger charge is -2.56. The molecule has 1 unspecified atom stereocenters. The number of hydrogen-bond donors (Lipinski definition) is 2. The van der Waals surface area contributed by atoms with Gasteiger partial charge in [0, 0.05) is 30.6 Å². The van der Waals surface area contributed by atoms with Crippen LogP contribution in [-0.2, 0) is 14.4 Å². The van der Waals surface area contributed by atoms with E-state index in [0.717, 1.165) is 5.56 Å². The Morgan fingerprint density at radius 3 is 2.67 bits per heavy atom. The largest absolute Gasteiger partial charge is 0.477 e. The van der Waals surface area contributed by atoms with Gasteiger partial charge in [0.2, 0.25) is 5.91 Å². The number of carboxylic acids is 1. The van der Waals surface area contributed by atoms with Crippen molar-refractivity contribution in [2.75, 3.05) is 12.0 Å². The highest BCUT2D eigenvalue weighted by molar-refractivity contribution is 8.05. The summed E-state index contributed by atoms with van der Waals surface area (Å²) >= 11 is 2.66. The van der Waals surface area contributed by atoms with Gasteiger partial charge >= 0.3 is 5.97 Å². The summed E-state index contributed by atoms with van der Waals surface area (Å²) in [7, 11) is 0. The number of carbonyl (C=O) groups is 3. The van der Waals surface area contributed by atoms with Gasteiger partial charge in [-0.25, -0.2) is 4.79 Å². The van der Waals surface area contributed by atoms with Gasteiger partial charge < -0.3 is 10.4 Å². The second-order valence-corrected chi connectivity index (χ2v) is 7.45. The van der Waals surface area contributed by atoms with Crippen molar-refractivity contribution in [1.82, 2.24) is 15.2 Å². The number of β-lactam (4-membered cyclic amide) rings is 1. The van der Waals surface area contributed by atoms with E-state index >= 15 is 0 Å². The summed E-state index contributed by atoms with van der Waals surface area (Å²) < 4.78 is 0. The zero-order valence-electron chi connectivity index (χ0n) is 13.0. The third-order valence-electron chi connectivity index (χ3n) is 3.95.